The minimum Gasteiger partial charge on any atom is -0.491 e. The molecule has 1 aliphatic rings. The minimum absolute atomic E-state index is 0. The summed E-state index contributed by atoms with van der Waals surface area (Å²) in [6.45, 7) is 1.02. The fraction of sp³-hybridized carbons (Fsp3) is 0.350. The molecular formula is C20H26IN3O3S. The normalized spacial score (nSPS) is 18.2. The van der Waals surface area contributed by atoms with Crippen molar-refractivity contribution in [1.82, 2.24) is 10.6 Å². The van der Waals surface area contributed by atoms with Gasteiger partial charge in [-0.1, -0.05) is 48.5 Å². The fourth-order valence-corrected chi connectivity index (χ4v) is 4.75. The smallest absolute Gasteiger partial charge is 0.191 e. The first-order valence-electron chi connectivity index (χ1n) is 9.02. The summed E-state index contributed by atoms with van der Waals surface area (Å²) in [4.78, 5) is 4.15. The predicted octanol–water partition coefficient (Wildman–Crippen LogP) is 2.70. The summed E-state index contributed by atoms with van der Waals surface area (Å²) in [6, 6.07) is 18.0. The second kappa shape index (κ2) is 10.7. The topological polar surface area (TPSA) is 79.8 Å². The molecule has 2 N–H and O–H groups in total. The van der Waals surface area contributed by atoms with Gasteiger partial charge in [0.05, 0.1) is 18.1 Å². The van der Waals surface area contributed by atoms with Gasteiger partial charge in [-0.25, -0.2) is 8.42 Å². The van der Waals surface area contributed by atoms with Crippen LogP contribution in [0, 0.1) is 0 Å². The van der Waals surface area contributed by atoms with E-state index in [9.17, 15) is 8.42 Å². The highest BCUT2D eigenvalue weighted by atomic mass is 127. The Bertz CT molecular complexity index is 889. The van der Waals surface area contributed by atoms with Gasteiger partial charge in [0.15, 0.2) is 15.8 Å². The van der Waals surface area contributed by atoms with Gasteiger partial charge in [-0.15, -0.1) is 24.0 Å². The lowest BCUT2D eigenvalue weighted by atomic mass is 10.1. The Morgan fingerprint density at radius 3 is 2.54 bits per heavy atom. The standard InChI is InChI=1S/C20H25N3O3S.HI/c1-21-20(23-17-11-14-27(24,25)15-17)22-12-13-26-19-10-6-5-9-18(19)16-7-3-2-4-8-16;/h2-10,17H,11-15H2,1H3,(H2,21,22,23);1H. The van der Waals surface area contributed by atoms with E-state index < -0.39 is 9.84 Å². The Kier molecular flexibility index (Phi) is 8.56. The van der Waals surface area contributed by atoms with E-state index in [1.807, 2.05) is 42.5 Å². The van der Waals surface area contributed by atoms with Crippen molar-refractivity contribution in [3.05, 3.63) is 54.6 Å². The molecule has 1 saturated heterocycles. The van der Waals surface area contributed by atoms with Crippen LogP contribution in [-0.2, 0) is 9.84 Å². The van der Waals surface area contributed by atoms with Crippen molar-refractivity contribution in [2.24, 2.45) is 4.99 Å². The third-order valence-electron chi connectivity index (χ3n) is 4.42. The third-order valence-corrected chi connectivity index (χ3v) is 6.19. The molecule has 1 unspecified atom stereocenters. The highest BCUT2D eigenvalue weighted by Crippen LogP contribution is 2.29. The van der Waals surface area contributed by atoms with Gasteiger partial charge in [-0.2, -0.15) is 0 Å². The molecule has 2 aromatic rings. The molecule has 0 bridgehead atoms. The summed E-state index contributed by atoms with van der Waals surface area (Å²) >= 11 is 0. The third kappa shape index (κ3) is 6.37. The molecule has 28 heavy (non-hydrogen) atoms. The molecule has 2 aromatic carbocycles. The maximum atomic E-state index is 11.6. The molecule has 0 spiro atoms. The first-order valence-corrected chi connectivity index (χ1v) is 10.8. The Labute approximate surface area is 183 Å². The van der Waals surface area contributed by atoms with Crippen LogP contribution in [0.25, 0.3) is 11.1 Å². The van der Waals surface area contributed by atoms with Crippen LogP contribution in [0.15, 0.2) is 59.6 Å². The first kappa shape index (κ1) is 22.5. The molecule has 1 fully saturated rings. The van der Waals surface area contributed by atoms with Crippen molar-refractivity contribution < 1.29 is 13.2 Å². The second-order valence-corrected chi connectivity index (χ2v) is 8.68. The number of rotatable bonds is 6. The van der Waals surface area contributed by atoms with Crippen LogP contribution < -0.4 is 15.4 Å². The molecule has 0 amide bonds. The van der Waals surface area contributed by atoms with Crippen molar-refractivity contribution in [2.75, 3.05) is 31.7 Å². The van der Waals surface area contributed by atoms with Gasteiger partial charge >= 0.3 is 0 Å². The Morgan fingerprint density at radius 1 is 1.14 bits per heavy atom. The number of sulfone groups is 1. The van der Waals surface area contributed by atoms with E-state index in [1.165, 1.54) is 0 Å². The van der Waals surface area contributed by atoms with Crippen LogP contribution in [0.1, 0.15) is 6.42 Å². The maximum Gasteiger partial charge on any atom is 0.191 e. The second-order valence-electron chi connectivity index (χ2n) is 6.45. The Balaban J connectivity index is 0.00000280. The Hall–Kier alpha value is -1.81. The number of hydrogen-bond acceptors (Lipinski definition) is 4. The van der Waals surface area contributed by atoms with E-state index >= 15 is 0 Å². The molecule has 0 radical (unpaired) electrons. The predicted molar refractivity (Wildman–Crippen MR) is 124 cm³/mol. The highest BCUT2D eigenvalue weighted by molar-refractivity contribution is 14.0. The van der Waals surface area contributed by atoms with Gasteiger partial charge < -0.3 is 15.4 Å². The summed E-state index contributed by atoms with van der Waals surface area (Å²) in [5.41, 5.74) is 2.16. The molecule has 1 heterocycles. The van der Waals surface area contributed by atoms with E-state index in [1.54, 1.807) is 7.05 Å². The zero-order chi connectivity index (χ0) is 19.1. The number of ether oxygens (including phenoxy) is 1. The van der Waals surface area contributed by atoms with Crippen LogP contribution in [0.2, 0.25) is 0 Å². The number of benzene rings is 2. The lowest BCUT2D eigenvalue weighted by Gasteiger charge is -2.17. The highest BCUT2D eigenvalue weighted by Gasteiger charge is 2.28. The number of aliphatic imine (C=N–C) groups is 1. The summed E-state index contributed by atoms with van der Waals surface area (Å²) in [6.07, 6.45) is 0.615. The number of halogens is 1. The van der Waals surface area contributed by atoms with Crippen molar-refractivity contribution in [2.45, 2.75) is 12.5 Å². The summed E-state index contributed by atoms with van der Waals surface area (Å²) in [5, 5.41) is 6.33. The number of guanidine groups is 1. The molecule has 8 heteroatoms. The van der Waals surface area contributed by atoms with Crippen molar-refractivity contribution in [3.8, 4) is 16.9 Å². The van der Waals surface area contributed by atoms with E-state index in [4.69, 9.17) is 4.74 Å². The number of hydrogen-bond donors (Lipinski definition) is 2. The van der Waals surface area contributed by atoms with Crippen LogP contribution in [0.4, 0.5) is 0 Å². The SMILES string of the molecule is CN=C(NCCOc1ccccc1-c1ccccc1)NC1CCS(=O)(=O)C1.I. The molecule has 152 valence electrons. The van der Waals surface area contributed by atoms with Gasteiger partial charge in [-0.05, 0) is 18.1 Å². The van der Waals surface area contributed by atoms with E-state index in [0.29, 0.717) is 25.5 Å². The molecule has 0 saturated carbocycles. The molecular weight excluding hydrogens is 489 g/mol. The molecule has 6 nitrogen and oxygen atoms in total. The van der Waals surface area contributed by atoms with E-state index in [-0.39, 0.29) is 41.5 Å². The zero-order valence-electron chi connectivity index (χ0n) is 15.8. The first-order chi connectivity index (χ1) is 13.1. The van der Waals surface area contributed by atoms with Crippen LogP contribution in [0.3, 0.4) is 0 Å². The molecule has 3 rings (SSSR count). The number of nitrogens with zero attached hydrogens (tertiary/aromatic N) is 1. The van der Waals surface area contributed by atoms with E-state index in [2.05, 4.69) is 27.8 Å². The maximum absolute atomic E-state index is 11.6. The average molecular weight is 515 g/mol. The average Bonchev–Trinajstić information content (AvgIpc) is 3.03. The minimum atomic E-state index is -2.91. The van der Waals surface area contributed by atoms with Crippen molar-refractivity contribution in [3.63, 3.8) is 0 Å². The number of nitrogens with one attached hydrogen (secondary N) is 2. The van der Waals surface area contributed by atoms with Crippen LogP contribution in [0.5, 0.6) is 5.75 Å². The summed E-state index contributed by atoms with van der Waals surface area (Å²) < 4.78 is 29.1. The van der Waals surface area contributed by atoms with Gasteiger partial charge in [-0.3, -0.25) is 4.99 Å². The van der Waals surface area contributed by atoms with Gasteiger partial charge in [0, 0.05) is 18.7 Å². The summed E-state index contributed by atoms with van der Waals surface area (Å²) in [5.74, 6) is 1.82. The fourth-order valence-electron chi connectivity index (χ4n) is 3.08. The monoisotopic (exact) mass is 515 g/mol. The van der Waals surface area contributed by atoms with Crippen LogP contribution in [-0.4, -0.2) is 52.1 Å². The largest absolute Gasteiger partial charge is 0.491 e. The van der Waals surface area contributed by atoms with Crippen molar-refractivity contribution >= 4 is 39.8 Å². The summed E-state index contributed by atoms with van der Waals surface area (Å²) in [7, 11) is -1.24. The zero-order valence-corrected chi connectivity index (χ0v) is 18.9. The van der Waals surface area contributed by atoms with E-state index in [0.717, 1.165) is 16.9 Å². The lowest BCUT2D eigenvalue weighted by Crippen LogP contribution is -2.45. The van der Waals surface area contributed by atoms with Crippen molar-refractivity contribution in [1.29, 1.82) is 0 Å². The molecule has 0 aliphatic carbocycles. The molecule has 1 aliphatic heterocycles. The van der Waals surface area contributed by atoms with Gasteiger partial charge in [0.1, 0.15) is 12.4 Å². The van der Waals surface area contributed by atoms with Crippen LogP contribution >= 0.6 is 24.0 Å². The van der Waals surface area contributed by atoms with Gasteiger partial charge in [0.2, 0.25) is 0 Å². The number of para-hydroxylation sites is 1. The molecule has 0 aromatic heterocycles. The Morgan fingerprint density at radius 2 is 1.86 bits per heavy atom. The lowest BCUT2D eigenvalue weighted by molar-refractivity contribution is 0.323. The van der Waals surface area contributed by atoms with Gasteiger partial charge in [0.25, 0.3) is 0 Å². The molecule has 1 atom stereocenters. The quantitative estimate of drug-likeness (QED) is 0.268.